The van der Waals surface area contributed by atoms with Crippen LogP contribution in [0.2, 0.25) is 0 Å². The van der Waals surface area contributed by atoms with Crippen LogP contribution >= 0.6 is 0 Å². The first-order valence-electron chi connectivity index (χ1n) is 10.0. The minimum Gasteiger partial charge on any atom is -0.339 e. The number of nitrogens with zero attached hydrogens (tertiary/aromatic N) is 2. The highest BCUT2D eigenvalue weighted by Crippen LogP contribution is 2.20. The molecule has 32 heavy (non-hydrogen) atoms. The van der Waals surface area contributed by atoms with Gasteiger partial charge in [-0.3, -0.25) is 9.52 Å². The largest absolute Gasteiger partial charge is 0.339 e. The van der Waals surface area contributed by atoms with Crippen LogP contribution in [0.3, 0.4) is 0 Å². The monoisotopic (exact) mass is 460 g/mol. The third-order valence-electron chi connectivity index (χ3n) is 4.46. The van der Waals surface area contributed by atoms with E-state index in [-0.39, 0.29) is 28.3 Å². The predicted octanol–water partition coefficient (Wildman–Crippen LogP) is 4.27. The number of carbonyl (C=O) groups excluding carboxylic acids is 1. The Labute approximate surface area is 186 Å². The van der Waals surface area contributed by atoms with E-state index in [0.29, 0.717) is 30.2 Å². The van der Waals surface area contributed by atoms with E-state index >= 15 is 0 Å². The predicted molar refractivity (Wildman–Crippen MR) is 118 cm³/mol. The van der Waals surface area contributed by atoms with Gasteiger partial charge in [0.2, 0.25) is 11.8 Å². The number of aromatic nitrogens is 2. The molecule has 0 fully saturated rings. The van der Waals surface area contributed by atoms with Gasteiger partial charge in [-0.15, -0.1) is 0 Å². The molecule has 0 saturated heterocycles. The average Bonchev–Trinajstić information content (AvgIpc) is 3.17. The van der Waals surface area contributed by atoms with E-state index in [1.54, 1.807) is 0 Å². The minimum absolute atomic E-state index is 0.00851. The highest BCUT2D eigenvalue weighted by atomic mass is 32.2. The summed E-state index contributed by atoms with van der Waals surface area (Å²) >= 11 is 0. The number of carbonyl (C=O) groups is 1. The molecule has 1 aromatic heterocycles. The Kier molecular flexibility index (Phi) is 6.93. The molecule has 0 aliphatic carbocycles. The lowest BCUT2D eigenvalue weighted by Gasteiger charge is -2.10. The molecule has 8 nitrogen and oxygen atoms in total. The lowest BCUT2D eigenvalue weighted by molar-refractivity contribution is -0.116. The van der Waals surface area contributed by atoms with Gasteiger partial charge in [-0.2, -0.15) is 4.98 Å². The van der Waals surface area contributed by atoms with Crippen molar-refractivity contribution >= 4 is 27.3 Å². The summed E-state index contributed by atoms with van der Waals surface area (Å²) < 4.78 is 45.7. The fourth-order valence-electron chi connectivity index (χ4n) is 2.77. The first-order valence-corrected chi connectivity index (χ1v) is 11.5. The van der Waals surface area contributed by atoms with Crippen LogP contribution in [0.1, 0.15) is 45.3 Å². The molecule has 3 aromatic rings. The molecule has 1 heterocycles. The summed E-state index contributed by atoms with van der Waals surface area (Å²) in [5.74, 6) is 0.355. The van der Waals surface area contributed by atoms with Crippen molar-refractivity contribution in [3.05, 3.63) is 66.1 Å². The number of benzene rings is 2. The van der Waals surface area contributed by atoms with E-state index in [1.807, 2.05) is 20.8 Å². The Hall–Kier alpha value is -3.27. The maximum Gasteiger partial charge on any atom is 0.261 e. The molecule has 0 radical (unpaired) electrons. The summed E-state index contributed by atoms with van der Waals surface area (Å²) in [6.07, 6.45) is 1.26. The molecular weight excluding hydrogens is 435 g/mol. The summed E-state index contributed by atoms with van der Waals surface area (Å²) in [6.45, 7) is 5.97. The van der Waals surface area contributed by atoms with Gasteiger partial charge in [-0.05, 0) is 48.9 Å². The van der Waals surface area contributed by atoms with Crippen LogP contribution in [0.15, 0.2) is 57.9 Å². The molecule has 0 spiro atoms. The Bertz CT molecular complexity index is 1190. The Morgan fingerprint density at radius 2 is 1.81 bits per heavy atom. The number of amides is 1. The molecular formula is C22H25FN4O4S. The van der Waals surface area contributed by atoms with Gasteiger partial charge in [0.15, 0.2) is 5.82 Å². The van der Waals surface area contributed by atoms with E-state index in [2.05, 4.69) is 20.2 Å². The molecule has 2 aromatic carbocycles. The number of aryl methyl sites for hydroxylation is 1. The summed E-state index contributed by atoms with van der Waals surface area (Å²) in [7, 11) is -3.88. The van der Waals surface area contributed by atoms with Crippen LogP contribution in [-0.2, 0) is 26.7 Å². The molecule has 0 aliphatic rings. The summed E-state index contributed by atoms with van der Waals surface area (Å²) in [5.41, 5.74) is 0.386. The van der Waals surface area contributed by atoms with Crippen molar-refractivity contribution in [3.63, 3.8) is 0 Å². The van der Waals surface area contributed by atoms with Crippen molar-refractivity contribution in [1.82, 2.24) is 10.1 Å². The number of hydrogen-bond acceptors (Lipinski definition) is 6. The molecule has 1 amide bonds. The van der Waals surface area contributed by atoms with Gasteiger partial charge < -0.3 is 9.84 Å². The first kappa shape index (κ1) is 23.4. The molecule has 0 aliphatic heterocycles. The molecule has 0 saturated carbocycles. The second-order valence-corrected chi connectivity index (χ2v) is 9.99. The number of nitrogens with one attached hydrogen (secondary N) is 2. The highest BCUT2D eigenvalue weighted by Gasteiger charge is 2.21. The van der Waals surface area contributed by atoms with E-state index in [9.17, 15) is 17.6 Å². The Balaban J connectivity index is 1.51. The highest BCUT2D eigenvalue weighted by molar-refractivity contribution is 7.92. The lowest BCUT2D eigenvalue weighted by Crippen LogP contribution is -2.14. The normalized spacial score (nSPS) is 11.9. The lowest BCUT2D eigenvalue weighted by atomic mass is 9.96. The SMILES string of the molecule is CC(C)(C)c1noc(CCCC(=O)Nc2ccc(S(=O)(=O)Nc3cccc(F)c3)cc2)n1. The van der Waals surface area contributed by atoms with Crippen molar-refractivity contribution in [2.24, 2.45) is 0 Å². The zero-order chi connectivity index (χ0) is 23.4. The molecule has 0 atom stereocenters. The van der Waals surface area contributed by atoms with Crippen molar-refractivity contribution < 1.29 is 22.1 Å². The van der Waals surface area contributed by atoms with Crippen molar-refractivity contribution in [1.29, 1.82) is 0 Å². The minimum atomic E-state index is -3.88. The van der Waals surface area contributed by atoms with Crippen molar-refractivity contribution in [2.75, 3.05) is 10.0 Å². The maximum atomic E-state index is 13.3. The molecule has 3 rings (SSSR count). The second kappa shape index (κ2) is 9.47. The van der Waals surface area contributed by atoms with E-state index < -0.39 is 15.8 Å². The topological polar surface area (TPSA) is 114 Å². The zero-order valence-electron chi connectivity index (χ0n) is 18.1. The summed E-state index contributed by atoms with van der Waals surface area (Å²) in [6, 6.07) is 10.9. The van der Waals surface area contributed by atoms with Gasteiger partial charge >= 0.3 is 0 Å². The fourth-order valence-corrected chi connectivity index (χ4v) is 3.82. The van der Waals surface area contributed by atoms with Gasteiger partial charge in [0, 0.05) is 23.9 Å². The first-order chi connectivity index (χ1) is 15.0. The quantitative estimate of drug-likeness (QED) is 0.519. The summed E-state index contributed by atoms with van der Waals surface area (Å²) in [4.78, 5) is 16.5. The number of halogens is 1. The van der Waals surface area contributed by atoms with Gasteiger partial charge in [0.05, 0.1) is 10.6 Å². The second-order valence-electron chi connectivity index (χ2n) is 8.30. The average molecular weight is 461 g/mol. The standard InChI is InChI=1S/C22H25FN4O4S/c1-22(2,3)21-25-20(31-26-21)9-5-8-19(28)24-16-10-12-18(13-11-16)32(29,30)27-17-7-4-6-15(23)14-17/h4,6-7,10-14,27H,5,8-9H2,1-3H3,(H,24,28). The number of hydrogen-bond donors (Lipinski definition) is 2. The molecule has 0 unspecified atom stereocenters. The Morgan fingerprint density at radius 3 is 2.44 bits per heavy atom. The number of anilines is 2. The zero-order valence-corrected chi connectivity index (χ0v) is 18.9. The van der Waals surface area contributed by atoms with Gasteiger partial charge in [0.1, 0.15) is 5.82 Å². The smallest absolute Gasteiger partial charge is 0.261 e. The van der Waals surface area contributed by atoms with Crippen LogP contribution in [0.4, 0.5) is 15.8 Å². The number of rotatable bonds is 8. The van der Waals surface area contributed by atoms with Crippen LogP contribution in [0.25, 0.3) is 0 Å². The summed E-state index contributed by atoms with van der Waals surface area (Å²) in [5, 5.41) is 6.68. The van der Waals surface area contributed by atoms with Crippen LogP contribution in [-0.4, -0.2) is 24.5 Å². The van der Waals surface area contributed by atoms with Crippen molar-refractivity contribution in [3.8, 4) is 0 Å². The van der Waals surface area contributed by atoms with Crippen molar-refractivity contribution in [2.45, 2.75) is 50.3 Å². The fraction of sp³-hybridized carbons (Fsp3) is 0.318. The van der Waals surface area contributed by atoms with E-state index in [4.69, 9.17) is 4.52 Å². The molecule has 170 valence electrons. The third-order valence-corrected chi connectivity index (χ3v) is 5.86. The van der Waals surface area contributed by atoms with Gasteiger partial charge in [0.25, 0.3) is 10.0 Å². The maximum absolute atomic E-state index is 13.3. The third kappa shape index (κ3) is 6.36. The molecule has 0 bridgehead atoms. The van der Waals surface area contributed by atoms with E-state index in [0.717, 1.165) is 6.07 Å². The van der Waals surface area contributed by atoms with Crippen LogP contribution in [0, 0.1) is 5.82 Å². The Morgan fingerprint density at radius 1 is 1.09 bits per heavy atom. The van der Waals surface area contributed by atoms with Gasteiger partial charge in [-0.1, -0.05) is 32.0 Å². The van der Waals surface area contributed by atoms with Crippen LogP contribution < -0.4 is 10.0 Å². The number of sulfonamides is 1. The van der Waals surface area contributed by atoms with Gasteiger partial charge in [-0.25, -0.2) is 12.8 Å². The van der Waals surface area contributed by atoms with Crippen LogP contribution in [0.5, 0.6) is 0 Å². The van der Waals surface area contributed by atoms with E-state index in [1.165, 1.54) is 42.5 Å². The molecule has 10 heteroatoms. The molecule has 2 N–H and O–H groups in total.